The molecule has 5 nitrogen and oxygen atoms in total. The molecule has 0 rings (SSSR count). The maximum absolute atomic E-state index is 11.5. The smallest absolute Gasteiger partial charge is 0.334 e. The molecule has 152 valence electrons. The zero-order valence-electron chi connectivity index (χ0n) is 16.5. The summed E-state index contributed by atoms with van der Waals surface area (Å²) in [5.41, 5.74) is 0. The zero-order valence-corrected chi connectivity index (χ0v) is 16.5. The molecule has 3 N–H and O–H groups in total. The maximum Gasteiger partial charge on any atom is 0.334 e. The van der Waals surface area contributed by atoms with Crippen LogP contribution < -0.4 is 5.32 Å². The van der Waals surface area contributed by atoms with Gasteiger partial charge >= 0.3 is 5.97 Å². The monoisotopic (exact) mass is 369 g/mol. The van der Waals surface area contributed by atoms with Crippen molar-refractivity contribution in [3.63, 3.8) is 0 Å². The van der Waals surface area contributed by atoms with Crippen LogP contribution in [0.25, 0.3) is 0 Å². The second-order valence-corrected chi connectivity index (χ2v) is 6.99. The Hall–Kier alpha value is -1.36. The van der Waals surface area contributed by atoms with Crippen LogP contribution in [0.4, 0.5) is 0 Å². The van der Waals surface area contributed by atoms with Crippen molar-refractivity contribution in [1.29, 1.82) is 0 Å². The third-order valence-corrected chi connectivity index (χ3v) is 4.44. The number of carboxylic acids is 1. The fraction of sp³-hybridized carbons (Fsp3) is 0.810. The number of unbranched alkanes of at least 4 members (excludes halogenated alkanes) is 11. The van der Waals surface area contributed by atoms with Crippen LogP contribution in [0, 0.1) is 0 Å². The highest BCUT2D eigenvalue weighted by atomic mass is 16.4. The van der Waals surface area contributed by atoms with E-state index in [1.54, 1.807) is 0 Å². The molecule has 0 heterocycles. The highest BCUT2D eigenvalue weighted by Crippen LogP contribution is 2.09. The Morgan fingerprint density at radius 1 is 0.846 bits per heavy atom. The summed E-state index contributed by atoms with van der Waals surface area (Å²) in [5, 5.41) is 20.0. The topological polar surface area (TPSA) is 86.6 Å². The van der Waals surface area contributed by atoms with Crippen LogP contribution in [-0.4, -0.2) is 34.7 Å². The molecule has 1 amide bonds. The predicted molar refractivity (Wildman–Crippen MR) is 106 cm³/mol. The molecule has 1 unspecified atom stereocenters. The molecule has 0 aliphatic heterocycles. The van der Waals surface area contributed by atoms with Crippen LogP contribution in [-0.2, 0) is 9.59 Å². The minimum Gasteiger partial charge on any atom is -0.479 e. The first-order chi connectivity index (χ1) is 12.6. The Morgan fingerprint density at radius 3 is 1.88 bits per heavy atom. The van der Waals surface area contributed by atoms with E-state index in [4.69, 9.17) is 10.2 Å². The van der Waals surface area contributed by atoms with Crippen LogP contribution in [0.3, 0.4) is 0 Å². The lowest BCUT2D eigenvalue weighted by Gasteiger charge is -2.07. The van der Waals surface area contributed by atoms with Crippen LogP contribution in [0.15, 0.2) is 12.2 Å². The predicted octanol–water partition coefficient (Wildman–Crippen LogP) is 4.59. The minimum absolute atomic E-state index is 0.192. The van der Waals surface area contributed by atoms with E-state index in [0.717, 1.165) is 25.7 Å². The number of hydrogen-bond donors (Lipinski definition) is 3. The number of rotatable bonds is 18. The van der Waals surface area contributed by atoms with Crippen LogP contribution >= 0.6 is 0 Å². The number of aliphatic hydroxyl groups is 1. The fourth-order valence-electron chi connectivity index (χ4n) is 2.74. The molecule has 5 heteroatoms. The summed E-state index contributed by atoms with van der Waals surface area (Å²) in [4.78, 5) is 21.9. The van der Waals surface area contributed by atoms with Crippen LogP contribution in [0.5, 0.6) is 0 Å². The first-order valence-corrected chi connectivity index (χ1v) is 10.4. The first kappa shape index (κ1) is 24.6. The maximum atomic E-state index is 11.5. The van der Waals surface area contributed by atoms with E-state index in [2.05, 4.69) is 24.4 Å². The number of hydrogen-bond acceptors (Lipinski definition) is 3. The molecule has 0 aliphatic carbocycles. The summed E-state index contributed by atoms with van der Waals surface area (Å²) in [6.45, 7) is 2.02. The van der Waals surface area contributed by atoms with Crippen molar-refractivity contribution in [2.45, 2.75) is 103 Å². The number of allylic oxidation sites excluding steroid dienone is 2. The van der Waals surface area contributed by atoms with Gasteiger partial charge in [-0.1, -0.05) is 70.4 Å². The van der Waals surface area contributed by atoms with Crippen molar-refractivity contribution in [2.24, 2.45) is 0 Å². The van der Waals surface area contributed by atoms with Crippen molar-refractivity contribution in [3.8, 4) is 0 Å². The Kier molecular flexibility index (Phi) is 17.5. The molecule has 1 atom stereocenters. The van der Waals surface area contributed by atoms with E-state index in [1.807, 2.05) is 0 Å². The van der Waals surface area contributed by atoms with E-state index in [9.17, 15) is 9.59 Å². The van der Waals surface area contributed by atoms with Gasteiger partial charge in [0.15, 0.2) is 6.10 Å². The first-order valence-electron chi connectivity index (χ1n) is 10.4. The largest absolute Gasteiger partial charge is 0.479 e. The normalized spacial score (nSPS) is 12.4. The van der Waals surface area contributed by atoms with Gasteiger partial charge in [0.25, 0.3) is 0 Å². The average molecular weight is 370 g/mol. The lowest BCUT2D eigenvalue weighted by Crippen LogP contribution is -2.36. The average Bonchev–Trinajstić information content (AvgIpc) is 2.62. The Labute approximate surface area is 159 Å². The van der Waals surface area contributed by atoms with Gasteiger partial charge in [-0.25, -0.2) is 4.79 Å². The SMILES string of the molecule is CCCCCCCCC=CCCCCCCCC(=O)NCC(O)C(=O)O. The van der Waals surface area contributed by atoms with Crippen LogP contribution in [0.2, 0.25) is 0 Å². The second-order valence-electron chi connectivity index (χ2n) is 6.99. The Bertz CT molecular complexity index is 382. The van der Waals surface area contributed by atoms with Crippen molar-refractivity contribution in [2.75, 3.05) is 6.54 Å². The third-order valence-electron chi connectivity index (χ3n) is 4.44. The number of aliphatic hydroxyl groups excluding tert-OH is 1. The van der Waals surface area contributed by atoms with E-state index < -0.39 is 12.1 Å². The number of nitrogens with one attached hydrogen (secondary N) is 1. The van der Waals surface area contributed by atoms with E-state index in [-0.39, 0.29) is 12.5 Å². The number of carbonyl (C=O) groups excluding carboxylic acids is 1. The van der Waals surface area contributed by atoms with Gasteiger partial charge in [0.2, 0.25) is 5.91 Å². The van der Waals surface area contributed by atoms with Crippen molar-refractivity contribution in [3.05, 3.63) is 12.2 Å². The number of carboxylic acid groups (broad SMARTS) is 1. The van der Waals surface area contributed by atoms with Crippen molar-refractivity contribution < 1.29 is 19.8 Å². The van der Waals surface area contributed by atoms with Crippen molar-refractivity contribution >= 4 is 11.9 Å². The van der Waals surface area contributed by atoms with Gasteiger partial charge in [-0.3, -0.25) is 4.79 Å². The zero-order chi connectivity index (χ0) is 19.5. The fourth-order valence-corrected chi connectivity index (χ4v) is 2.74. The lowest BCUT2D eigenvalue weighted by molar-refractivity contribution is -0.146. The summed E-state index contributed by atoms with van der Waals surface area (Å²) < 4.78 is 0. The molecule has 0 aromatic rings. The summed E-state index contributed by atoms with van der Waals surface area (Å²) in [6, 6.07) is 0. The molecule has 0 spiro atoms. The van der Waals surface area contributed by atoms with E-state index in [1.165, 1.54) is 57.8 Å². The van der Waals surface area contributed by atoms with Gasteiger partial charge in [0.05, 0.1) is 6.54 Å². The van der Waals surface area contributed by atoms with Gasteiger partial charge in [-0.2, -0.15) is 0 Å². The van der Waals surface area contributed by atoms with E-state index in [0.29, 0.717) is 6.42 Å². The standard InChI is InChI=1S/C21H39NO4/c1-2-3-4-5-6-7-8-9-10-11-12-13-14-15-16-17-20(24)22-18-19(23)21(25)26/h9-10,19,23H,2-8,11-18H2,1H3,(H,22,24)(H,25,26). The van der Waals surface area contributed by atoms with Crippen molar-refractivity contribution in [1.82, 2.24) is 5.32 Å². The highest BCUT2D eigenvalue weighted by molar-refractivity contribution is 5.77. The number of carbonyl (C=O) groups is 2. The summed E-state index contributed by atoms with van der Waals surface area (Å²) in [6.07, 6.45) is 19.3. The highest BCUT2D eigenvalue weighted by Gasteiger charge is 2.13. The molecular formula is C21H39NO4. The minimum atomic E-state index is -1.52. The second kappa shape index (κ2) is 18.4. The molecule has 0 aliphatic rings. The molecule has 0 saturated heterocycles. The Balaban J connectivity index is 3.29. The van der Waals surface area contributed by atoms with Crippen LogP contribution in [0.1, 0.15) is 96.8 Å². The number of amides is 1. The van der Waals surface area contributed by atoms with Gasteiger partial charge in [0.1, 0.15) is 0 Å². The van der Waals surface area contributed by atoms with Gasteiger partial charge in [-0.15, -0.1) is 0 Å². The van der Waals surface area contributed by atoms with Gasteiger partial charge < -0.3 is 15.5 Å². The van der Waals surface area contributed by atoms with Gasteiger partial charge in [0, 0.05) is 6.42 Å². The number of aliphatic carboxylic acids is 1. The van der Waals surface area contributed by atoms with Gasteiger partial charge in [-0.05, 0) is 32.1 Å². The summed E-state index contributed by atoms with van der Waals surface area (Å²) in [5.74, 6) is -1.51. The molecule has 0 fully saturated rings. The molecule has 0 aromatic heterocycles. The third kappa shape index (κ3) is 17.5. The summed E-state index contributed by atoms with van der Waals surface area (Å²) >= 11 is 0. The molecule has 0 bridgehead atoms. The quantitative estimate of drug-likeness (QED) is 0.244. The molecule has 0 saturated carbocycles. The molecular weight excluding hydrogens is 330 g/mol. The molecule has 0 radical (unpaired) electrons. The lowest BCUT2D eigenvalue weighted by atomic mass is 10.1. The molecule has 26 heavy (non-hydrogen) atoms. The van der Waals surface area contributed by atoms with E-state index >= 15 is 0 Å². The summed E-state index contributed by atoms with van der Waals surface area (Å²) in [7, 11) is 0. The molecule has 0 aromatic carbocycles. The Morgan fingerprint density at radius 2 is 1.35 bits per heavy atom.